The average molecular weight is 369 g/mol. The maximum absolute atomic E-state index is 4.58. The van der Waals surface area contributed by atoms with Gasteiger partial charge in [-0.15, -0.1) is 0 Å². The van der Waals surface area contributed by atoms with E-state index in [4.69, 9.17) is 0 Å². The Hall–Kier alpha value is -2.01. The number of pyridine rings is 3. The van der Waals surface area contributed by atoms with E-state index in [1.807, 2.05) is 30.9 Å². The van der Waals surface area contributed by atoms with Crippen LogP contribution < -0.4 is 4.90 Å². The van der Waals surface area contributed by atoms with Gasteiger partial charge in [0.05, 0.1) is 11.2 Å². The van der Waals surface area contributed by atoms with Crippen molar-refractivity contribution in [1.29, 1.82) is 0 Å². The number of nitrogens with zero attached hydrogens (tertiary/aromatic N) is 4. The highest BCUT2D eigenvalue weighted by Gasteiger charge is 2.26. The van der Waals surface area contributed by atoms with Crippen LogP contribution >= 0.6 is 15.9 Å². The molecule has 4 nitrogen and oxygen atoms in total. The molecule has 4 rings (SSSR count). The monoisotopic (exact) mass is 368 g/mol. The summed E-state index contributed by atoms with van der Waals surface area (Å²) in [5.41, 5.74) is 5.77. The third kappa shape index (κ3) is 2.70. The first kappa shape index (κ1) is 14.6. The van der Waals surface area contributed by atoms with Crippen LogP contribution in [0.25, 0.3) is 11.0 Å². The molecule has 0 aromatic carbocycles. The fraction of sp³-hybridized carbons (Fsp3) is 0.278. The van der Waals surface area contributed by atoms with E-state index in [2.05, 4.69) is 54.8 Å². The Labute approximate surface area is 143 Å². The summed E-state index contributed by atoms with van der Waals surface area (Å²) in [6, 6.07) is 6.19. The fourth-order valence-corrected chi connectivity index (χ4v) is 3.70. The van der Waals surface area contributed by atoms with Gasteiger partial charge in [0.1, 0.15) is 5.52 Å². The van der Waals surface area contributed by atoms with Gasteiger partial charge in [0.15, 0.2) is 0 Å². The largest absolute Gasteiger partial charge is 0.369 e. The molecule has 3 aromatic heterocycles. The SMILES string of the molecule is Cc1ccncc1C1CCN(c2ccnc3cc(Br)cnc23)C1. The Kier molecular flexibility index (Phi) is 3.73. The van der Waals surface area contributed by atoms with Crippen LogP contribution in [0.1, 0.15) is 23.5 Å². The molecule has 3 aromatic rings. The molecule has 0 amide bonds. The van der Waals surface area contributed by atoms with Gasteiger partial charge in [0, 0.05) is 48.3 Å². The van der Waals surface area contributed by atoms with Crippen molar-refractivity contribution in [2.45, 2.75) is 19.3 Å². The van der Waals surface area contributed by atoms with Gasteiger partial charge in [-0.05, 0) is 58.6 Å². The van der Waals surface area contributed by atoms with Crippen LogP contribution in [0.5, 0.6) is 0 Å². The van der Waals surface area contributed by atoms with Crippen LogP contribution in [0, 0.1) is 6.92 Å². The molecular formula is C18H17BrN4. The highest BCUT2D eigenvalue weighted by Crippen LogP contribution is 2.34. The lowest BCUT2D eigenvalue weighted by Gasteiger charge is -2.20. The summed E-state index contributed by atoms with van der Waals surface area (Å²) in [6.45, 7) is 4.21. The molecule has 1 atom stereocenters. The van der Waals surface area contributed by atoms with Crippen molar-refractivity contribution in [3.05, 3.63) is 58.6 Å². The summed E-state index contributed by atoms with van der Waals surface area (Å²) >= 11 is 3.47. The molecule has 1 aliphatic heterocycles. The summed E-state index contributed by atoms with van der Waals surface area (Å²) in [5, 5.41) is 0. The lowest BCUT2D eigenvalue weighted by molar-refractivity contribution is 0.763. The average Bonchev–Trinajstić information content (AvgIpc) is 3.04. The van der Waals surface area contributed by atoms with E-state index in [9.17, 15) is 0 Å². The second-order valence-corrected chi connectivity index (χ2v) is 6.93. The molecule has 0 aliphatic carbocycles. The van der Waals surface area contributed by atoms with E-state index >= 15 is 0 Å². The molecule has 1 fully saturated rings. The van der Waals surface area contributed by atoms with Crippen molar-refractivity contribution < 1.29 is 0 Å². The molecule has 0 N–H and O–H groups in total. The Morgan fingerprint density at radius 3 is 2.96 bits per heavy atom. The van der Waals surface area contributed by atoms with Crippen molar-refractivity contribution in [3.63, 3.8) is 0 Å². The smallest absolute Gasteiger partial charge is 0.112 e. The summed E-state index contributed by atoms with van der Waals surface area (Å²) < 4.78 is 0.958. The zero-order valence-electron chi connectivity index (χ0n) is 12.9. The predicted octanol–water partition coefficient (Wildman–Crippen LogP) is 4.09. The first-order chi connectivity index (χ1) is 11.2. The molecule has 1 aliphatic rings. The second-order valence-electron chi connectivity index (χ2n) is 6.02. The quantitative estimate of drug-likeness (QED) is 0.682. The summed E-state index contributed by atoms with van der Waals surface area (Å²) in [6.07, 6.45) is 8.74. The molecule has 4 heterocycles. The maximum atomic E-state index is 4.58. The summed E-state index contributed by atoms with van der Waals surface area (Å²) in [5.74, 6) is 0.530. The zero-order chi connectivity index (χ0) is 15.8. The minimum absolute atomic E-state index is 0.530. The van der Waals surface area contributed by atoms with Crippen molar-refractivity contribution in [1.82, 2.24) is 15.0 Å². The van der Waals surface area contributed by atoms with E-state index in [0.29, 0.717) is 5.92 Å². The normalized spacial score (nSPS) is 17.8. The highest BCUT2D eigenvalue weighted by atomic mass is 79.9. The van der Waals surface area contributed by atoms with E-state index in [1.165, 1.54) is 16.8 Å². The van der Waals surface area contributed by atoms with Crippen LogP contribution in [0.4, 0.5) is 5.69 Å². The van der Waals surface area contributed by atoms with Crippen LogP contribution in [0.15, 0.2) is 47.5 Å². The van der Waals surface area contributed by atoms with Crippen LogP contribution in [-0.4, -0.2) is 28.0 Å². The molecule has 0 bridgehead atoms. The second kappa shape index (κ2) is 5.89. The summed E-state index contributed by atoms with van der Waals surface area (Å²) in [7, 11) is 0. The number of hydrogen-bond donors (Lipinski definition) is 0. The minimum Gasteiger partial charge on any atom is -0.369 e. The van der Waals surface area contributed by atoms with Gasteiger partial charge in [-0.1, -0.05) is 0 Å². The predicted molar refractivity (Wildman–Crippen MR) is 95.8 cm³/mol. The van der Waals surface area contributed by atoms with Crippen molar-refractivity contribution in [2.75, 3.05) is 18.0 Å². The number of aryl methyl sites for hydroxylation is 1. The lowest BCUT2D eigenvalue weighted by Crippen LogP contribution is -2.20. The number of aromatic nitrogens is 3. The number of halogens is 1. The molecular weight excluding hydrogens is 352 g/mol. The topological polar surface area (TPSA) is 41.9 Å². The Balaban J connectivity index is 1.67. The van der Waals surface area contributed by atoms with Gasteiger partial charge in [-0.25, -0.2) is 0 Å². The molecule has 116 valence electrons. The molecule has 1 saturated heterocycles. The minimum atomic E-state index is 0.530. The number of anilines is 1. The van der Waals surface area contributed by atoms with Crippen LogP contribution in [0.2, 0.25) is 0 Å². The fourth-order valence-electron chi connectivity index (χ4n) is 3.38. The standard InChI is InChI=1S/C18H17BrN4/c1-12-2-5-20-10-15(12)13-4-7-23(11-13)17-3-6-21-16-8-14(19)9-22-18(16)17/h2-3,5-6,8-10,13H,4,7,11H2,1H3. The van der Waals surface area contributed by atoms with E-state index in [-0.39, 0.29) is 0 Å². The first-order valence-corrected chi connectivity index (χ1v) is 8.57. The Morgan fingerprint density at radius 2 is 2.09 bits per heavy atom. The molecule has 23 heavy (non-hydrogen) atoms. The number of fused-ring (bicyclic) bond motifs is 1. The van der Waals surface area contributed by atoms with Crippen molar-refractivity contribution >= 4 is 32.7 Å². The third-order valence-corrected chi connectivity index (χ3v) is 5.00. The van der Waals surface area contributed by atoms with E-state index < -0.39 is 0 Å². The van der Waals surface area contributed by atoms with E-state index in [1.54, 1.807) is 0 Å². The summed E-state index contributed by atoms with van der Waals surface area (Å²) in [4.78, 5) is 15.7. The number of hydrogen-bond acceptors (Lipinski definition) is 4. The van der Waals surface area contributed by atoms with Gasteiger partial charge in [-0.3, -0.25) is 15.0 Å². The van der Waals surface area contributed by atoms with Gasteiger partial charge in [-0.2, -0.15) is 0 Å². The Bertz CT molecular complexity index is 865. The van der Waals surface area contributed by atoms with E-state index in [0.717, 1.165) is 35.0 Å². The Morgan fingerprint density at radius 1 is 1.17 bits per heavy atom. The maximum Gasteiger partial charge on any atom is 0.112 e. The molecule has 5 heteroatoms. The van der Waals surface area contributed by atoms with Crippen molar-refractivity contribution in [2.24, 2.45) is 0 Å². The van der Waals surface area contributed by atoms with Gasteiger partial charge in [0.25, 0.3) is 0 Å². The third-order valence-electron chi connectivity index (χ3n) is 4.57. The highest BCUT2D eigenvalue weighted by molar-refractivity contribution is 9.10. The molecule has 0 radical (unpaired) electrons. The first-order valence-electron chi connectivity index (χ1n) is 7.78. The lowest BCUT2D eigenvalue weighted by atomic mass is 9.96. The zero-order valence-corrected chi connectivity index (χ0v) is 14.5. The van der Waals surface area contributed by atoms with Crippen LogP contribution in [0.3, 0.4) is 0 Å². The van der Waals surface area contributed by atoms with Gasteiger partial charge in [0.2, 0.25) is 0 Å². The number of rotatable bonds is 2. The molecule has 1 unspecified atom stereocenters. The van der Waals surface area contributed by atoms with Crippen LogP contribution in [-0.2, 0) is 0 Å². The molecule has 0 saturated carbocycles. The molecule has 0 spiro atoms. The van der Waals surface area contributed by atoms with Crippen molar-refractivity contribution in [3.8, 4) is 0 Å². The van der Waals surface area contributed by atoms with Gasteiger partial charge < -0.3 is 4.90 Å². The van der Waals surface area contributed by atoms with Gasteiger partial charge >= 0.3 is 0 Å².